The van der Waals surface area contributed by atoms with Crippen molar-refractivity contribution in [3.05, 3.63) is 33.3 Å². The molecular formula is C7H6FNO4. The number of halogens is 1. The molecular weight excluding hydrogens is 181 g/mol. The second-order valence-electron chi connectivity index (χ2n) is 2.53. The lowest BCUT2D eigenvalue weighted by atomic mass is 10.0. The lowest BCUT2D eigenvalue weighted by molar-refractivity contribution is -0.430. The highest BCUT2D eigenvalue weighted by molar-refractivity contribution is 5.87. The Balaban J connectivity index is 3.00. The summed E-state index contributed by atoms with van der Waals surface area (Å²) in [4.78, 5) is 19.7. The molecule has 0 amide bonds. The van der Waals surface area contributed by atoms with Gasteiger partial charge in [-0.15, -0.1) is 0 Å². The van der Waals surface area contributed by atoms with Crippen LogP contribution in [0.1, 0.15) is 12.8 Å². The number of rotatable bonds is 2. The van der Waals surface area contributed by atoms with E-state index >= 15 is 0 Å². The zero-order valence-corrected chi connectivity index (χ0v) is 6.49. The van der Waals surface area contributed by atoms with Crippen LogP contribution in [-0.2, 0) is 4.79 Å². The molecule has 1 aliphatic carbocycles. The number of aliphatic carboxylic acids is 1. The molecule has 1 N–H and O–H groups in total. The van der Waals surface area contributed by atoms with Gasteiger partial charge < -0.3 is 5.11 Å². The van der Waals surface area contributed by atoms with Crippen molar-refractivity contribution in [2.75, 3.05) is 0 Å². The van der Waals surface area contributed by atoms with Crippen molar-refractivity contribution in [3.8, 4) is 0 Å². The molecule has 0 aliphatic heterocycles. The highest BCUT2D eigenvalue weighted by Crippen LogP contribution is 2.25. The zero-order chi connectivity index (χ0) is 10.0. The van der Waals surface area contributed by atoms with Crippen molar-refractivity contribution < 1.29 is 19.2 Å². The standard InChI is InChI=1S/C7H6FNO4/c8-5-3-4(7(10)11)1-2-6(5)9(12)13/h3H,1-2H2,(H,10,11). The van der Waals surface area contributed by atoms with Gasteiger partial charge in [0.2, 0.25) is 0 Å². The maximum atomic E-state index is 12.8. The van der Waals surface area contributed by atoms with E-state index in [-0.39, 0.29) is 18.4 Å². The third-order valence-electron chi connectivity index (χ3n) is 1.70. The maximum Gasteiger partial charge on any atom is 0.331 e. The molecule has 0 heterocycles. The molecule has 0 saturated carbocycles. The van der Waals surface area contributed by atoms with Crippen LogP contribution < -0.4 is 0 Å². The van der Waals surface area contributed by atoms with Gasteiger partial charge in [-0.2, -0.15) is 4.39 Å². The van der Waals surface area contributed by atoms with Gasteiger partial charge in [0, 0.05) is 12.0 Å². The van der Waals surface area contributed by atoms with Gasteiger partial charge in [0.1, 0.15) is 0 Å². The van der Waals surface area contributed by atoms with E-state index < -0.39 is 22.4 Å². The van der Waals surface area contributed by atoms with E-state index in [1.165, 1.54) is 0 Å². The monoisotopic (exact) mass is 187 g/mol. The number of carboxylic acids is 1. The summed E-state index contributed by atoms with van der Waals surface area (Å²) in [6.45, 7) is 0. The summed E-state index contributed by atoms with van der Waals surface area (Å²) in [5.74, 6) is -2.30. The maximum absolute atomic E-state index is 12.8. The van der Waals surface area contributed by atoms with Crippen LogP contribution >= 0.6 is 0 Å². The molecule has 0 aromatic rings. The molecule has 0 aromatic heterocycles. The molecule has 0 unspecified atom stereocenters. The smallest absolute Gasteiger partial charge is 0.331 e. The quantitative estimate of drug-likeness (QED) is 0.521. The van der Waals surface area contributed by atoms with E-state index in [4.69, 9.17) is 5.11 Å². The Morgan fingerprint density at radius 3 is 2.62 bits per heavy atom. The molecule has 5 nitrogen and oxygen atoms in total. The largest absolute Gasteiger partial charge is 0.478 e. The SMILES string of the molecule is O=C(O)C1=CC(F)=C([N+](=O)[O-])CC1. The molecule has 1 rings (SSSR count). The second-order valence-corrected chi connectivity index (χ2v) is 2.53. The van der Waals surface area contributed by atoms with E-state index in [1.54, 1.807) is 0 Å². The van der Waals surface area contributed by atoms with Crippen LogP contribution in [0, 0.1) is 10.1 Å². The van der Waals surface area contributed by atoms with Crippen molar-refractivity contribution in [3.63, 3.8) is 0 Å². The molecule has 0 bridgehead atoms. The highest BCUT2D eigenvalue weighted by atomic mass is 19.1. The lowest BCUT2D eigenvalue weighted by Crippen LogP contribution is -2.10. The molecule has 1 aliphatic rings. The first kappa shape index (κ1) is 9.37. The Morgan fingerprint density at radius 1 is 1.62 bits per heavy atom. The summed E-state index contributed by atoms with van der Waals surface area (Å²) in [5.41, 5.74) is -0.687. The summed E-state index contributed by atoms with van der Waals surface area (Å²) >= 11 is 0. The lowest BCUT2D eigenvalue weighted by Gasteiger charge is -2.06. The molecule has 0 fully saturated rings. The Morgan fingerprint density at radius 2 is 2.23 bits per heavy atom. The summed E-state index contributed by atoms with van der Waals surface area (Å²) < 4.78 is 12.8. The van der Waals surface area contributed by atoms with Gasteiger partial charge >= 0.3 is 5.97 Å². The van der Waals surface area contributed by atoms with E-state index in [0.717, 1.165) is 0 Å². The Bertz CT molecular complexity index is 331. The molecule has 0 aromatic carbocycles. The second kappa shape index (κ2) is 3.34. The fraction of sp³-hybridized carbons (Fsp3) is 0.286. The highest BCUT2D eigenvalue weighted by Gasteiger charge is 2.25. The molecule has 0 saturated heterocycles. The molecule has 6 heteroatoms. The van der Waals surface area contributed by atoms with Crippen LogP contribution in [0.2, 0.25) is 0 Å². The van der Waals surface area contributed by atoms with Crippen molar-refractivity contribution in [1.82, 2.24) is 0 Å². The van der Waals surface area contributed by atoms with Gasteiger partial charge in [0.15, 0.2) is 5.83 Å². The van der Waals surface area contributed by atoms with Gasteiger partial charge in [-0.25, -0.2) is 4.79 Å². The van der Waals surface area contributed by atoms with Gasteiger partial charge in [0.25, 0.3) is 5.70 Å². The van der Waals surface area contributed by atoms with Crippen LogP contribution in [-0.4, -0.2) is 16.0 Å². The van der Waals surface area contributed by atoms with Gasteiger partial charge in [-0.3, -0.25) is 10.1 Å². The third kappa shape index (κ3) is 1.90. The normalized spacial score (nSPS) is 16.8. The van der Waals surface area contributed by atoms with E-state index in [1.807, 2.05) is 0 Å². The summed E-state index contributed by atoms with van der Waals surface area (Å²) in [5, 5.41) is 18.6. The number of carbonyl (C=O) groups is 1. The molecule has 70 valence electrons. The topological polar surface area (TPSA) is 80.4 Å². The summed E-state index contributed by atoms with van der Waals surface area (Å²) in [6.07, 6.45) is 0.528. The first-order valence-corrected chi connectivity index (χ1v) is 3.49. The van der Waals surface area contributed by atoms with Crippen LogP contribution in [0.5, 0.6) is 0 Å². The summed E-state index contributed by atoms with van der Waals surface area (Å²) in [7, 11) is 0. The Kier molecular flexibility index (Phi) is 2.41. The van der Waals surface area contributed by atoms with E-state index in [0.29, 0.717) is 6.08 Å². The van der Waals surface area contributed by atoms with Crippen molar-refractivity contribution in [2.45, 2.75) is 12.8 Å². The number of nitro groups is 1. The molecule has 0 spiro atoms. The van der Waals surface area contributed by atoms with Gasteiger partial charge in [0.05, 0.1) is 4.92 Å². The fourth-order valence-electron chi connectivity index (χ4n) is 1.03. The van der Waals surface area contributed by atoms with Crippen molar-refractivity contribution >= 4 is 5.97 Å². The van der Waals surface area contributed by atoms with Crippen molar-refractivity contribution in [2.24, 2.45) is 0 Å². The summed E-state index contributed by atoms with van der Waals surface area (Å²) in [6, 6.07) is 0. The van der Waals surface area contributed by atoms with Crippen LogP contribution in [0.3, 0.4) is 0 Å². The fourth-order valence-corrected chi connectivity index (χ4v) is 1.03. The predicted octanol–water partition coefficient (Wildman–Crippen LogP) is 1.25. The average molecular weight is 187 g/mol. The van der Waals surface area contributed by atoms with Gasteiger partial charge in [-0.05, 0) is 12.5 Å². The van der Waals surface area contributed by atoms with Crippen LogP contribution in [0.15, 0.2) is 23.2 Å². The minimum Gasteiger partial charge on any atom is -0.478 e. The third-order valence-corrected chi connectivity index (χ3v) is 1.70. The van der Waals surface area contributed by atoms with Gasteiger partial charge in [-0.1, -0.05) is 0 Å². The molecule has 13 heavy (non-hydrogen) atoms. The number of carboxylic acid groups (broad SMARTS) is 1. The Labute approximate surface area is 72.3 Å². The molecule has 0 radical (unpaired) electrons. The first-order chi connectivity index (χ1) is 6.02. The van der Waals surface area contributed by atoms with Crippen LogP contribution in [0.4, 0.5) is 4.39 Å². The number of hydrogen-bond acceptors (Lipinski definition) is 3. The zero-order valence-electron chi connectivity index (χ0n) is 6.49. The minimum absolute atomic E-state index is 0.000926. The van der Waals surface area contributed by atoms with E-state index in [9.17, 15) is 19.3 Å². The predicted molar refractivity (Wildman–Crippen MR) is 40.1 cm³/mol. The average Bonchev–Trinajstić information content (AvgIpc) is 2.03. The number of allylic oxidation sites excluding steroid dienone is 3. The van der Waals surface area contributed by atoms with E-state index in [2.05, 4.69) is 0 Å². The minimum atomic E-state index is -1.24. The van der Waals surface area contributed by atoms with Crippen LogP contribution in [0.25, 0.3) is 0 Å². The first-order valence-electron chi connectivity index (χ1n) is 3.49. The number of nitrogens with zero attached hydrogens (tertiary/aromatic N) is 1. The molecule has 0 atom stereocenters. The van der Waals surface area contributed by atoms with Crippen molar-refractivity contribution in [1.29, 1.82) is 0 Å². The number of hydrogen-bond donors (Lipinski definition) is 1. The Hall–Kier alpha value is -1.72.